The average molecular weight is 205 g/mol. The maximum absolute atomic E-state index is 5.43. The van der Waals surface area contributed by atoms with Crippen molar-refractivity contribution in [2.75, 3.05) is 6.54 Å². The molecule has 3 nitrogen and oxygen atoms in total. The normalized spacial score (nSPS) is 10.7. The highest BCUT2D eigenvalue weighted by Crippen LogP contribution is 2.05. The molecule has 0 unspecified atom stereocenters. The first kappa shape index (κ1) is 10.1. The molecule has 15 heavy (non-hydrogen) atoms. The Morgan fingerprint density at radius 3 is 2.80 bits per heavy atom. The van der Waals surface area contributed by atoms with Gasteiger partial charge in [-0.2, -0.15) is 0 Å². The molecule has 0 aromatic carbocycles. The summed E-state index contributed by atoms with van der Waals surface area (Å²) in [6, 6.07) is 7.86. The van der Waals surface area contributed by atoms with Crippen LogP contribution in [0.25, 0.3) is 0 Å². The molecule has 0 bridgehead atoms. The van der Waals surface area contributed by atoms with Crippen LogP contribution in [-0.4, -0.2) is 6.54 Å². The Morgan fingerprint density at radius 2 is 2.13 bits per heavy atom. The molecule has 3 heteroatoms. The molecule has 2 aromatic rings. The van der Waals surface area contributed by atoms with Crippen molar-refractivity contribution in [1.29, 1.82) is 0 Å². The van der Waals surface area contributed by atoms with Crippen LogP contribution in [0.5, 0.6) is 0 Å². The van der Waals surface area contributed by atoms with Crippen LogP contribution in [0.2, 0.25) is 0 Å². The van der Waals surface area contributed by atoms with Gasteiger partial charge in [-0.15, -0.1) is 0 Å². The highest BCUT2D eigenvalue weighted by atomic mass is 16.3. The number of hydrogen-bond donors (Lipinski definition) is 1. The molecule has 2 rings (SSSR count). The maximum atomic E-state index is 5.43. The Kier molecular flexibility index (Phi) is 3.25. The number of rotatable bonds is 5. The van der Waals surface area contributed by atoms with E-state index in [4.69, 9.17) is 8.83 Å². The maximum Gasteiger partial charge on any atom is 0.117 e. The minimum atomic E-state index is 0.772. The Morgan fingerprint density at radius 1 is 1.20 bits per heavy atom. The smallest absolute Gasteiger partial charge is 0.117 e. The van der Waals surface area contributed by atoms with Crippen LogP contribution < -0.4 is 5.32 Å². The van der Waals surface area contributed by atoms with Gasteiger partial charge in [0.05, 0.1) is 12.8 Å². The second-order valence-electron chi connectivity index (χ2n) is 3.52. The van der Waals surface area contributed by atoms with Crippen LogP contribution in [0.4, 0.5) is 0 Å². The fourth-order valence-corrected chi connectivity index (χ4v) is 1.46. The van der Waals surface area contributed by atoms with Crippen molar-refractivity contribution in [2.24, 2.45) is 0 Å². The summed E-state index contributed by atoms with van der Waals surface area (Å²) < 4.78 is 10.7. The molecule has 0 fully saturated rings. The van der Waals surface area contributed by atoms with Gasteiger partial charge in [-0.3, -0.25) is 0 Å². The van der Waals surface area contributed by atoms with Crippen molar-refractivity contribution >= 4 is 0 Å². The minimum Gasteiger partial charge on any atom is -0.469 e. The van der Waals surface area contributed by atoms with E-state index < -0.39 is 0 Å². The van der Waals surface area contributed by atoms with E-state index in [0.717, 1.165) is 36.8 Å². The molecule has 80 valence electrons. The number of hydrogen-bond acceptors (Lipinski definition) is 3. The molecule has 0 aliphatic heterocycles. The van der Waals surface area contributed by atoms with Crippen molar-refractivity contribution in [3.63, 3.8) is 0 Å². The van der Waals surface area contributed by atoms with Crippen molar-refractivity contribution in [3.8, 4) is 0 Å². The summed E-state index contributed by atoms with van der Waals surface area (Å²) in [5.41, 5.74) is 0. The van der Waals surface area contributed by atoms with Crippen LogP contribution in [0.3, 0.4) is 0 Å². The van der Waals surface area contributed by atoms with Crippen LogP contribution in [0, 0.1) is 6.92 Å². The van der Waals surface area contributed by atoms with Crippen molar-refractivity contribution in [3.05, 3.63) is 47.8 Å². The molecule has 0 spiro atoms. The van der Waals surface area contributed by atoms with Crippen LogP contribution in [-0.2, 0) is 13.0 Å². The summed E-state index contributed by atoms with van der Waals surface area (Å²) in [5, 5.41) is 3.30. The Bertz CT molecular complexity index is 389. The first-order chi connectivity index (χ1) is 7.34. The van der Waals surface area contributed by atoms with Gasteiger partial charge in [0.25, 0.3) is 0 Å². The summed E-state index contributed by atoms with van der Waals surface area (Å²) >= 11 is 0. The Hall–Kier alpha value is -1.48. The van der Waals surface area contributed by atoms with Gasteiger partial charge < -0.3 is 14.2 Å². The average Bonchev–Trinajstić information content (AvgIpc) is 2.84. The van der Waals surface area contributed by atoms with E-state index in [-0.39, 0.29) is 0 Å². The lowest BCUT2D eigenvalue weighted by atomic mass is 10.3. The summed E-state index contributed by atoms with van der Waals surface area (Å²) in [5.74, 6) is 2.95. The van der Waals surface area contributed by atoms with Gasteiger partial charge in [0.15, 0.2) is 0 Å². The molecule has 0 saturated heterocycles. The van der Waals surface area contributed by atoms with Gasteiger partial charge in [0.1, 0.15) is 17.3 Å². The third-order valence-corrected chi connectivity index (χ3v) is 2.22. The van der Waals surface area contributed by atoms with E-state index in [1.54, 1.807) is 6.26 Å². The lowest BCUT2D eigenvalue weighted by molar-refractivity contribution is 0.454. The van der Waals surface area contributed by atoms with E-state index in [1.165, 1.54) is 0 Å². The first-order valence-electron chi connectivity index (χ1n) is 5.13. The molecule has 0 aliphatic carbocycles. The van der Waals surface area contributed by atoms with Crippen LogP contribution in [0.1, 0.15) is 17.3 Å². The summed E-state index contributed by atoms with van der Waals surface area (Å²) in [4.78, 5) is 0. The standard InChI is InChI=1S/C12H15NO2/c1-10-4-5-12(15-10)9-13-7-6-11-3-2-8-14-11/h2-5,8,13H,6-7,9H2,1H3. The fourth-order valence-electron chi connectivity index (χ4n) is 1.46. The molecule has 0 radical (unpaired) electrons. The van der Waals surface area contributed by atoms with Crippen LogP contribution >= 0.6 is 0 Å². The van der Waals surface area contributed by atoms with Gasteiger partial charge in [-0.1, -0.05) is 0 Å². The number of aryl methyl sites for hydroxylation is 1. The summed E-state index contributed by atoms with van der Waals surface area (Å²) in [6.45, 7) is 3.62. The summed E-state index contributed by atoms with van der Waals surface area (Å²) in [7, 11) is 0. The monoisotopic (exact) mass is 205 g/mol. The zero-order valence-electron chi connectivity index (χ0n) is 8.82. The van der Waals surface area contributed by atoms with E-state index in [0.29, 0.717) is 0 Å². The Labute approximate surface area is 89.1 Å². The van der Waals surface area contributed by atoms with Crippen molar-refractivity contribution < 1.29 is 8.83 Å². The van der Waals surface area contributed by atoms with E-state index >= 15 is 0 Å². The molecule has 1 N–H and O–H groups in total. The predicted molar refractivity (Wildman–Crippen MR) is 57.6 cm³/mol. The quantitative estimate of drug-likeness (QED) is 0.762. The lowest BCUT2D eigenvalue weighted by Crippen LogP contribution is -2.15. The van der Waals surface area contributed by atoms with Gasteiger partial charge in [-0.05, 0) is 31.2 Å². The van der Waals surface area contributed by atoms with Crippen molar-refractivity contribution in [2.45, 2.75) is 19.9 Å². The molecular formula is C12H15NO2. The molecule has 0 atom stereocenters. The summed E-state index contributed by atoms with van der Waals surface area (Å²) in [6.07, 6.45) is 2.61. The van der Waals surface area contributed by atoms with Gasteiger partial charge in [-0.25, -0.2) is 0 Å². The number of nitrogens with one attached hydrogen (secondary N) is 1. The second-order valence-corrected chi connectivity index (χ2v) is 3.52. The second kappa shape index (κ2) is 4.84. The number of furan rings is 2. The SMILES string of the molecule is Cc1ccc(CNCCc2ccco2)o1. The van der Waals surface area contributed by atoms with Gasteiger partial charge >= 0.3 is 0 Å². The molecule has 2 aromatic heterocycles. The zero-order chi connectivity index (χ0) is 10.5. The fraction of sp³-hybridized carbons (Fsp3) is 0.333. The minimum absolute atomic E-state index is 0.772. The molecule has 0 saturated carbocycles. The van der Waals surface area contributed by atoms with Gasteiger partial charge in [0.2, 0.25) is 0 Å². The Balaban J connectivity index is 1.67. The molecule has 0 amide bonds. The topological polar surface area (TPSA) is 38.3 Å². The first-order valence-corrected chi connectivity index (χ1v) is 5.13. The highest BCUT2D eigenvalue weighted by Gasteiger charge is 1.98. The molecule has 2 heterocycles. The van der Waals surface area contributed by atoms with E-state index in [1.807, 2.05) is 31.2 Å². The third-order valence-electron chi connectivity index (χ3n) is 2.22. The molecular weight excluding hydrogens is 190 g/mol. The van der Waals surface area contributed by atoms with E-state index in [2.05, 4.69) is 5.32 Å². The third kappa shape index (κ3) is 2.99. The van der Waals surface area contributed by atoms with Crippen LogP contribution in [0.15, 0.2) is 39.4 Å². The largest absolute Gasteiger partial charge is 0.469 e. The molecule has 0 aliphatic rings. The van der Waals surface area contributed by atoms with E-state index in [9.17, 15) is 0 Å². The lowest BCUT2D eigenvalue weighted by Gasteiger charge is -2.00. The zero-order valence-corrected chi connectivity index (χ0v) is 8.82. The highest BCUT2D eigenvalue weighted by molar-refractivity contribution is 5.05. The van der Waals surface area contributed by atoms with Crippen molar-refractivity contribution in [1.82, 2.24) is 5.32 Å². The predicted octanol–water partition coefficient (Wildman–Crippen LogP) is 2.51. The van der Waals surface area contributed by atoms with Gasteiger partial charge in [0, 0.05) is 13.0 Å².